The van der Waals surface area contributed by atoms with Crippen LogP contribution in [0.1, 0.15) is 32.3 Å². The maximum Gasteiger partial charge on any atom is 0.226 e. The first-order valence-electron chi connectivity index (χ1n) is 7.97. The van der Waals surface area contributed by atoms with Crippen LogP contribution in [0.4, 0.5) is 0 Å². The predicted octanol–water partition coefficient (Wildman–Crippen LogP) is 1.63. The lowest BCUT2D eigenvalue weighted by Crippen LogP contribution is -2.36. The van der Waals surface area contributed by atoms with E-state index >= 15 is 0 Å². The second kappa shape index (κ2) is 7.38. The van der Waals surface area contributed by atoms with Gasteiger partial charge in [-0.1, -0.05) is 6.92 Å². The van der Waals surface area contributed by atoms with Gasteiger partial charge in [0.1, 0.15) is 0 Å². The zero-order valence-electron chi connectivity index (χ0n) is 13.6. The lowest BCUT2D eigenvalue weighted by atomic mass is 10.2. The summed E-state index contributed by atoms with van der Waals surface area (Å²) in [7, 11) is 1.81. The van der Waals surface area contributed by atoms with E-state index in [1.807, 2.05) is 33.0 Å². The van der Waals surface area contributed by atoms with Crippen molar-refractivity contribution in [3.63, 3.8) is 0 Å². The Morgan fingerprint density at radius 1 is 1.36 bits per heavy atom. The summed E-state index contributed by atoms with van der Waals surface area (Å²) in [6.45, 7) is 4.68. The summed E-state index contributed by atoms with van der Waals surface area (Å²) in [4.78, 5) is 30.1. The number of carbonyl (C=O) groups excluding carboxylic acids is 2. The molecule has 0 spiro atoms. The van der Waals surface area contributed by atoms with Crippen LogP contribution in [0.5, 0.6) is 0 Å². The molecule has 1 aliphatic carbocycles. The van der Waals surface area contributed by atoms with E-state index in [1.165, 1.54) is 0 Å². The Kier molecular flexibility index (Phi) is 5.52. The molecule has 1 N–H and O–H groups in total. The summed E-state index contributed by atoms with van der Waals surface area (Å²) in [5.41, 5.74) is 1.16. The number of pyridine rings is 1. The number of hydrogen-bond donors (Lipinski definition) is 1. The molecule has 22 heavy (non-hydrogen) atoms. The molecule has 0 aromatic carbocycles. The van der Waals surface area contributed by atoms with Crippen LogP contribution >= 0.6 is 0 Å². The molecule has 3 unspecified atom stereocenters. The van der Waals surface area contributed by atoms with E-state index in [1.54, 1.807) is 17.3 Å². The molecule has 1 fully saturated rings. The number of nitrogens with zero attached hydrogens (tertiary/aromatic N) is 2. The number of likely N-dealkylation sites (N-methyl/N-ethyl adjacent to an activating group) is 1. The number of nitrogens with one attached hydrogen (secondary N) is 1. The van der Waals surface area contributed by atoms with E-state index in [-0.39, 0.29) is 29.7 Å². The van der Waals surface area contributed by atoms with Gasteiger partial charge in [-0.2, -0.15) is 0 Å². The van der Waals surface area contributed by atoms with E-state index in [0.717, 1.165) is 18.4 Å². The number of rotatable bonds is 7. The molecule has 2 amide bonds. The molecule has 2 rings (SSSR count). The quantitative estimate of drug-likeness (QED) is 0.833. The van der Waals surface area contributed by atoms with Crippen molar-refractivity contribution in [2.45, 2.75) is 39.2 Å². The highest BCUT2D eigenvalue weighted by Gasteiger charge is 2.49. The first kappa shape index (κ1) is 16.5. The molecular formula is C17H25N3O2. The second-order valence-corrected chi connectivity index (χ2v) is 6.13. The molecule has 5 heteroatoms. The van der Waals surface area contributed by atoms with Gasteiger partial charge in [-0.15, -0.1) is 0 Å². The van der Waals surface area contributed by atoms with Crippen LogP contribution in [0.15, 0.2) is 24.5 Å². The zero-order valence-corrected chi connectivity index (χ0v) is 13.6. The average molecular weight is 303 g/mol. The van der Waals surface area contributed by atoms with Crippen molar-refractivity contribution in [3.8, 4) is 0 Å². The maximum atomic E-state index is 12.3. The van der Waals surface area contributed by atoms with Gasteiger partial charge in [-0.05, 0) is 43.9 Å². The Morgan fingerprint density at radius 2 is 2.05 bits per heavy atom. The number of aromatic nitrogens is 1. The van der Waals surface area contributed by atoms with Gasteiger partial charge in [0.15, 0.2) is 0 Å². The number of hydrogen-bond acceptors (Lipinski definition) is 3. The van der Waals surface area contributed by atoms with E-state index in [0.29, 0.717) is 13.0 Å². The molecule has 0 aliphatic heterocycles. The summed E-state index contributed by atoms with van der Waals surface area (Å²) in [5, 5.41) is 2.96. The Hall–Kier alpha value is -1.91. The third kappa shape index (κ3) is 4.29. The molecule has 1 aromatic heterocycles. The summed E-state index contributed by atoms with van der Waals surface area (Å²) < 4.78 is 0. The molecule has 0 radical (unpaired) electrons. The van der Waals surface area contributed by atoms with Gasteiger partial charge < -0.3 is 10.2 Å². The Balaban J connectivity index is 1.77. The van der Waals surface area contributed by atoms with Gasteiger partial charge in [0.25, 0.3) is 0 Å². The molecule has 1 aromatic rings. The molecule has 0 saturated heterocycles. The van der Waals surface area contributed by atoms with Gasteiger partial charge in [0.05, 0.1) is 11.8 Å². The predicted molar refractivity (Wildman–Crippen MR) is 85.1 cm³/mol. The number of amides is 2. The third-order valence-corrected chi connectivity index (χ3v) is 4.31. The first-order chi connectivity index (χ1) is 10.5. The van der Waals surface area contributed by atoms with Gasteiger partial charge in [-0.3, -0.25) is 14.6 Å². The smallest absolute Gasteiger partial charge is 0.226 e. The summed E-state index contributed by atoms with van der Waals surface area (Å²) >= 11 is 0. The highest BCUT2D eigenvalue weighted by atomic mass is 16.2. The molecule has 3 atom stereocenters. The van der Waals surface area contributed by atoms with E-state index < -0.39 is 0 Å². The Morgan fingerprint density at radius 3 is 2.68 bits per heavy atom. The van der Waals surface area contributed by atoms with Crippen molar-refractivity contribution in [1.82, 2.24) is 15.2 Å². The number of carbonyl (C=O) groups is 2. The van der Waals surface area contributed by atoms with Crippen molar-refractivity contribution >= 4 is 11.8 Å². The lowest BCUT2D eigenvalue weighted by molar-refractivity contribution is -0.133. The SMILES string of the molecule is CCC(C)NC(=O)C1CC1C(=O)N(C)CCc1ccncc1. The van der Waals surface area contributed by atoms with Crippen LogP contribution in [0.3, 0.4) is 0 Å². The minimum absolute atomic E-state index is 0.0234. The summed E-state index contributed by atoms with van der Waals surface area (Å²) in [6, 6.07) is 4.09. The monoisotopic (exact) mass is 303 g/mol. The fraction of sp³-hybridized carbons (Fsp3) is 0.588. The molecule has 120 valence electrons. The highest BCUT2D eigenvalue weighted by Crippen LogP contribution is 2.40. The molecule has 1 saturated carbocycles. The van der Waals surface area contributed by atoms with Gasteiger partial charge in [0.2, 0.25) is 11.8 Å². The fourth-order valence-electron chi connectivity index (χ4n) is 2.45. The van der Waals surface area contributed by atoms with Crippen LogP contribution < -0.4 is 5.32 Å². The van der Waals surface area contributed by atoms with Crippen molar-refractivity contribution in [1.29, 1.82) is 0 Å². The lowest BCUT2D eigenvalue weighted by Gasteiger charge is -2.17. The summed E-state index contributed by atoms with van der Waals surface area (Å²) in [6.07, 6.45) is 5.91. The van der Waals surface area contributed by atoms with Crippen molar-refractivity contribution < 1.29 is 9.59 Å². The Labute approximate surface area is 132 Å². The summed E-state index contributed by atoms with van der Waals surface area (Å²) in [5.74, 6) is -0.162. The average Bonchev–Trinajstić information content (AvgIpc) is 3.33. The minimum atomic E-state index is -0.134. The van der Waals surface area contributed by atoms with Crippen LogP contribution in [-0.4, -0.2) is 41.3 Å². The molecule has 5 nitrogen and oxygen atoms in total. The molecular weight excluding hydrogens is 278 g/mol. The molecule has 1 heterocycles. The first-order valence-corrected chi connectivity index (χ1v) is 7.97. The van der Waals surface area contributed by atoms with Crippen LogP contribution in [0.25, 0.3) is 0 Å². The maximum absolute atomic E-state index is 12.3. The fourth-order valence-corrected chi connectivity index (χ4v) is 2.45. The van der Waals surface area contributed by atoms with Crippen LogP contribution in [-0.2, 0) is 16.0 Å². The second-order valence-electron chi connectivity index (χ2n) is 6.13. The van der Waals surface area contributed by atoms with Crippen LogP contribution in [0.2, 0.25) is 0 Å². The van der Waals surface area contributed by atoms with Gasteiger partial charge >= 0.3 is 0 Å². The van der Waals surface area contributed by atoms with Crippen molar-refractivity contribution in [2.75, 3.05) is 13.6 Å². The van der Waals surface area contributed by atoms with Gasteiger partial charge in [-0.25, -0.2) is 0 Å². The minimum Gasteiger partial charge on any atom is -0.353 e. The van der Waals surface area contributed by atoms with E-state index in [2.05, 4.69) is 10.3 Å². The largest absolute Gasteiger partial charge is 0.353 e. The zero-order chi connectivity index (χ0) is 16.1. The van der Waals surface area contributed by atoms with Crippen LogP contribution in [0, 0.1) is 11.8 Å². The highest BCUT2D eigenvalue weighted by molar-refractivity contribution is 5.92. The van der Waals surface area contributed by atoms with Gasteiger partial charge in [0, 0.05) is 32.0 Å². The van der Waals surface area contributed by atoms with E-state index in [4.69, 9.17) is 0 Å². The normalized spacial score (nSPS) is 21.0. The topological polar surface area (TPSA) is 62.3 Å². The van der Waals surface area contributed by atoms with Crippen molar-refractivity contribution in [3.05, 3.63) is 30.1 Å². The van der Waals surface area contributed by atoms with Crippen molar-refractivity contribution in [2.24, 2.45) is 11.8 Å². The molecule has 1 aliphatic rings. The molecule has 0 bridgehead atoms. The Bertz CT molecular complexity index is 518. The van der Waals surface area contributed by atoms with E-state index in [9.17, 15) is 9.59 Å². The third-order valence-electron chi connectivity index (χ3n) is 4.31. The standard InChI is InChI=1S/C17H25N3O2/c1-4-12(2)19-16(21)14-11-15(14)17(22)20(3)10-7-13-5-8-18-9-6-13/h5-6,8-9,12,14-15H,4,7,10-11H2,1-3H3,(H,19,21).